The van der Waals surface area contributed by atoms with E-state index in [9.17, 15) is 18.5 Å². The third-order valence-electron chi connectivity index (χ3n) is 1.96. The van der Waals surface area contributed by atoms with Gasteiger partial charge in [0.15, 0.2) is 4.90 Å². The van der Waals surface area contributed by atoms with E-state index in [1.807, 2.05) is 0 Å². The largest absolute Gasteiger partial charge is 0.304 e. The van der Waals surface area contributed by atoms with Crippen molar-refractivity contribution in [1.82, 2.24) is 0 Å². The third kappa shape index (κ3) is 3.01. The van der Waals surface area contributed by atoms with E-state index in [-0.39, 0.29) is 4.90 Å². The van der Waals surface area contributed by atoms with Gasteiger partial charge in [-0.2, -0.15) is 8.42 Å². The van der Waals surface area contributed by atoms with Crippen molar-refractivity contribution in [1.29, 1.82) is 0 Å². The summed E-state index contributed by atoms with van der Waals surface area (Å²) in [6.45, 7) is 4.58. The fourth-order valence-electron chi connectivity index (χ4n) is 1.41. The number of hydrogen-bond donors (Lipinski definition) is 0. The number of nitrogens with zero attached hydrogens (tertiary/aromatic N) is 1. The summed E-state index contributed by atoms with van der Waals surface area (Å²) in [6, 6.07) is 4.06. The fraction of sp³-hybridized carbons (Fsp3) is 0.400. The molecule has 0 aliphatic rings. The van der Waals surface area contributed by atoms with E-state index in [0.717, 1.165) is 6.07 Å². The predicted molar refractivity (Wildman–Crippen MR) is 61.2 cm³/mol. The Morgan fingerprint density at radius 1 is 1.35 bits per heavy atom. The normalized spacial score (nSPS) is 11.8. The summed E-state index contributed by atoms with van der Waals surface area (Å²) in [5, 5.41) is 10.8. The molecular weight excluding hydrogens is 246 g/mol. The first-order chi connectivity index (χ1) is 7.75. The minimum atomic E-state index is -4.11. The maximum Gasteiger partial charge on any atom is 0.304 e. The number of rotatable bonds is 4. The van der Waals surface area contributed by atoms with E-state index in [1.165, 1.54) is 19.1 Å². The Labute approximate surface area is 99.5 Å². The maximum absolute atomic E-state index is 11.9. The molecule has 0 atom stereocenters. The molecule has 0 aliphatic heterocycles. The van der Waals surface area contributed by atoms with E-state index in [1.54, 1.807) is 13.8 Å². The maximum atomic E-state index is 11.9. The summed E-state index contributed by atoms with van der Waals surface area (Å²) < 4.78 is 28.5. The van der Waals surface area contributed by atoms with Crippen molar-refractivity contribution in [3.63, 3.8) is 0 Å². The van der Waals surface area contributed by atoms with Crippen molar-refractivity contribution in [3.8, 4) is 0 Å². The van der Waals surface area contributed by atoms with E-state index in [0.29, 0.717) is 5.56 Å². The van der Waals surface area contributed by atoms with E-state index in [2.05, 4.69) is 0 Å². The third-order valence-corrected chi connectivity index (χ3v) is 3.63. The zero-order chi connectivity index (χ0) is 13.2. The minimum absolute atomic E-state index is 0.292. The molecule has 1 aromatic rings. The lowest BCUT2D eigenvalue weighted by molar-refractivity contribution is -0.388. The average Bonchev–Trinajstić information content (AvgIpc) is 2.14. The number of nitro benzene ring substituents is 1. The zero-order valence-corrected chi connectivity index (χ0v) is 10.5. The van der Waals surface area contributed by atoms with Crippen LogP contribution in [-0.2, 0) is 14.3 Å². The van der Waals surface area contributed by atoms with Crippen LogP contribution in [0.1, 0.15) is 19.4 Å². The highest BCUT2D eigenvalue weighted by Crippen LogP contribution is 2.28. The molecule has 0 saturated carbocycles. The van der Waals surface area contributed by atoms with Gasteiger partial charge in [0.1, 0.15) is 0 Å². The highest BCUT2D eigenvalue weighted by Gasteiger charge is 2.29. The molecule has 1 aromatic carbocycles. The lowest BCUT2D eigenvalue weighted by Gasteiger charge is -2.10. The van der Waals surface area contributed by atoms with Crippen LogP contribution in [0.25, 0.3) is 0 Å². The van der Waals surface area contributed by atoms with Gasteiger partial charge in [0.25, 0.3) is 5.69 Å². The lowest BCUT2D eigenvalue weighted by atomic mass is 10.2. The minimum Gasteiger partial charge on any atom is -0.263 e. The number of aryl methyl sites for hydroxylation is 1. The molecule has 0 heterocycles. The van der Waals surface area contributed by atoms with E-state index in [4.69, 9.17) is 4.18 Å². The number of hydrogen-bond acceptors (Lipinski definition) is 5. The molecule has 94 valence electrons. The zero-order valence-electron chi connectivity index (χ0n) is 9.71. The van der Waals surface area contributed by atoms with Crippen molar-refractivity contribution in [2.24, 2.45) is 0 Å². The van der Waals surface area contributed by atoms with Crippen LogP contribution < -0.4 is 0 Å². The molecule has 0 radical (unpaired) electrons. The fourth-order valence-corrected chi connectivity index (χ4v) is 2.87. The Bertz CT molecular complexity index is 536. The number of benzene rings is 1. The number of nitro groups is 1. The van der Waals surface area contributed by atoms with Crippen molar-refractivity contribution >= 4 is 15.8 Å². The lowest BCUT2D eigenvalue weighted by Crippen LogP contribution is -2.15. The first-order valence-corrected chi connectivity index (χ1v) is 6.34. The molecule has 0 fully saturated rings. The molecule has 0 spiro atoms. The standard InChI is InChI=1S/C10H13NO5S/c1-7(2)16-17(14,15)10-8(3)5-4-6-9(10)11(12)13/h4-7H,1-3H3. The van der Waals surface area contributed by atoms with Gasteiger partial charge >= 0.3 is 10.1 Å². The SMILES string of the molecule is Cc1cccc([N+](=O)[O-])c1S(=O)(=O)OC(C)C. The predicted octanol–water partition coefficient (Wildman–Crippen LogP) is 2.02. The molecule has 0 amide bonds. The molecule has 17 heavy (non-hydrogen) atoms. The highest BCUT2D eigenvalue weighted by atomic mass is 32.2. The van der Waals surface area contributed by atoms with Crippen LogP contribution in [0.3, 0.4) is 0 Å². The van der Waals surface area contributed by atoms with Crippen LogP contribution in [0.5, 0.6) is 0 Å². The summed E-state index contributed by atoms with van der Waals surface area (Å²) in [5.74, 6) is 0. The molecule has 6 nitrogen and oxygen atoms in total. The Kier molecular flexibility index (Phi) is 3.84. The summed E-state index contributed by atoms with van der Waals surface area (Å²) in [6.07, 6.45) is -0.570. The van der Waals surface area contributed by atoms with Crippen molar-refractivity contribution < 1.29 is 17.5 Å². The van der Waals surface area contributed by atoms with Gasteiger partial charge in [0.05, 0.1) is 11.0 Å². The highest BCUT2D eigenvalue weighted by molar-refractivity contribution is 7.87. The molecule has 0 N–H and O–H groups in total. The molecular formula is C10H13NO5S. The van der Waals surface area contributed by atoms with Gasteiger partial charge < -0.3 is 0 Å². The van der Waals surface area contributed by atoms with Crippen LogP contribution in [0.2, 0.25) is 0 Å². The van der Waals surface area contributed by atoms with Crippen molar-refractivity contribution in [3.05, 3.63) is 33.9 Å². The van der Waals surface area contributed by atoms with Crippen molar-refractivity contribution in [2.75, 3.05) is 0 Å². The van der Waals surface area contributed by atoms with Gasteiger partial charge in [-0.05, 0) is 26.3 Å². The Balaban J connectivity index is 3.44. The molecule has 0 aliphatic carbocycles. The van der Waals surface area contributed by atoms with Crippen LogP contribution >= 0.6 is 0 Å². The Morgan fingerprint density at radius 2 is 1.94 bits per heavy atom. The Morgan fingerprint density at radius 3 is 2.41 bits per heavy atom. The van der Waals surface area contributed by atoms with E-state index < -0.39 is 26.8 Å². The summed E-state index contributed by atoms with van der Waals surface area (Å²) in [4.78, 5) is 9.68. The average molecular weight is 259 g/mol. The molecule has 7 heteroatoms. The summed E-state index contributed by atoms with van der Waals surface area (Å²) in [7, 11) is -4.11. The smallest absolute Gasteiger partial charge is 0.263 e. The van der Waals surface area contributed by atoms with Crippen LogP contribution in [0.15, 0.2) is 23.1 Å². The molecule has 0 saturated heterocycles. The van der Waals surface area contributed by atoms with Gasteiger partial charge in [0.2, 0.25) is 0 Å². The first-order valence-electron chi connectivity index (χ1n) is 4.93. The van der Waals surface area contributed by atoms with Gasteiger partial charge in [-0.1, -0.05) is 12.1 Å². The monoisotopic (exact) mass is 259 g/mol. The molecule has 0 unspecified atom stereocenters. The van der Waals surface area contributed by atoms with Crippen LogP contribution in [-0.4, -0.2) is 19.4 Å². The molecule has 0 bridgehead atoms. The van der Waals surface area contributed by atoms with Gasteiger partial charge in [0, 0.05) is 6.07 Å². The molecule has 0 aromatic heterocycles. The summed E-state index contributed by atoms with van der Waals surface area (Å²) in [5.41, 5.74) is -0.175. The second kappa shape index (κ2) is 4.80. The topological polar surface area (TPSA) is 86.5 Å². The molecule has 1 rings (SSSR count). The summed E-state index contributed by atoms with van der Waals surface area (Å²) >= 11 is 0. The Hall–Kier alpha value is -1.47. The second-order valence-electron chi connectivity index (χ2n) is 3.78. The van der Waals surface area contributed by atoms with Gasteiger partial charge in [-0.25, -0.2) is 0 Å². The quantitative estimate of drug-likeness (QED) is 0.469. The second-order valence-corrected chi connectivity index (χ2v) is 5.29. The van der Waals surface area contributed by atoms with Crippen LogP contribution in [0.4, 0.5) is 5.69 Å². The van der Waals surface area contributed by atoms with Gasteiger partial charge in [-0.3, -0.25) is 14.3 Å². The van der Waals surface area contributed by atoms with Crippen molar-refractivity contribution in [2.45, 2.75) is 31.8 Å². The van der Waals surface area contributed by atoms with Crippen LogP contribution in [0, 0.1) is 17.0 Å². The van der Waals surface area contributed by atoms with Gasteiger partial charge in [-0.15, -0.1) is 0 Å². The van der Waals surface area contributed by atoms with E-state index >= 15 is 0 Å². The first kappa shape index (κ1) is 13.6.